The van der Waals surface area contributed by atoms with E-state index < -0.39 is 6.09 Å². The van der Waals surface area contributed by atoms with Gasteiger partial charge >= 0.3 is 6.09 Å². The van der Waals surface area contributed by atoms with Crippen molar-refractivity contribution in [1.82, 2.24) is 4.90 Å². The average molecular weight is 303 g/mol. The van der Waals surface area contributed by atoms with Crippen molar-refractivity contribution < 1.29 is 14.6 Å². The van der Waals surface area contributed by atoms with E-state index in [0.29, 0.717) is 0 Å². The molecule has 2 fully saturated rings. The summed E-state index contributed by atoms with van der Waals surface area (Å²) in [5.74, 6) is 0.911. The maximum Gasteiger partial charge on any atom is 0.407 e. The number of nitrogens with zero attached hydrogens (tertiary/aromatic N) is 1. The van der Waals surface area contributed by atoms with Crippen LogP contribution in [-0.4, -0.2) is 34.3 Å². The Labute approximate surface area is 132 Å². The maximum atomic E-state index is 11.3. The van der Waals surface area contributed by atoms with Gasteiger partial charge in [0.1, 0.15) is 11.9 Å². The first-order chi connectivity index (χ1) is 10.7. The van der Waals surface area contributed by atoms with Gasteiger partial charge in [-0.2, -0.15) is 0 Å². The van der Waals surface area contributed by atoms with E-state index in [4.69, 9.17) is 4.74 Å². The van der Waals surface area contributed by atoms with Crippen LogP contribution in [0.25, 0.3) is 0 Å². The molecule has 2 heterocycles. The maximum absolute atomic E-state index is 11.3. The molecule has 0 spiro atoms. The van der Waals surface area contributed by atoms with E-state index >= 15 is 0 Å². The fourth-order valence-electron chi connectivity index (χ4n) is 3.84. The molecule has 0 aromatic heterocycles. The Morgan fingerprint density at radius 3 is 2.41 bits per heavy atom. The fraction of sp³-hybridized carbons (Fsp3) is 0.611. The second-order valence-corrected chi connectivity index (χ2v) is 6.53. The van der Waals surface area contributed by atoms with Gasteiger partial charge in [0, 0.05) is 24.9 Å². The summed E-state index contributed by atoms with van der Waals surface area (Å²) in [6.07, 6.45) is 6.53. The van der Waals surface area contributed by atoms with Gasteiger partial charge in [0.15, 0.2) is 0 Å². The predicted octanol–water partition coefficient (Wildman–Crippen LogP) is 4.08. The van der Waals surface area contributed by atoms with E-state index in [1.165, 1.54) is 18.4 Å². The van der Waals surface area contributed by atoms with E-state index in [2.05, 4.69) is 31.2 Å². The van der Waals surface area contributed by atoms with E-state index in [0.717, 1.165) is 37.9 Å². The molecule has 2 aliphatic heterocycles. The Hall–Kier alpha value is -1.71. The molecule has 0 saturated carbocycles. The highest BCUT2D eigenvalue weighted by Gasteiger charge is 2.44. The van der Waals surface area contributed by atoms with Gasteiger partial charge in [0.05, 0.1) is 0 Å². The second-order valence-electron chi connectivity index (χ2n) is 6.53. The zero-order chi connectivity index (χ0) is 15.5. The minimum Gasteiger partial charge on any atom is -0.490 e. The molecule has 1 aromatic rings. The highest BCUT2D eigenvalue weighted by molar-refractivity contribution is 5.66. The molecule has 0 radical (unpaired) electrons. The summed E-state index contributed by atoms with van der Waals surface area (Å²) in [4.78, 5) is 12.9. The van der Waals surface area contributed by atoms with Crippen LogP contribution in [-0.2, 0) is 6.42 Å². The third kappa shape index (κ3) is 3.21. The van der Waals surface area contributed by atoms with Crippen LogP contribution < -0.4 is 4.74 Å². The number of rotatable bonds is 5. The number of fused-ring (bicyclic) bond motifs is 2. The van der Waals surface area contributed by atoms with Crippen molar-refractivity contribution in [3.63, 3.8) is 0 Å². The lowest BCUT2D eigenvalue weighted by atomic mass is 10.00. The zero-order valence-corrected chi connectivity index (χ0v) is 13.2. The Kier molecular flexibility index (Phi) is 4.55. The van der Waals surface area contributed by atoms with Gasteiger partial charge < -0.3 is 14.7 Å². The molecule has 0 aliphatic carbocycles. The van der Waals surface area contributed by atoms with Gasteiger partial charge in [-0.3, -0.25) is 0 Å². The number of amides is 1. The number of piperidine rings is 1. The summed E-state index contributed by atoms with van der Waals surface area (Å²) in [5.41, 5.74) is 1.36. The van der Waals surface area contributed by atoms with Crippen LogP contribution in [0.15, 0.2) is 24.3 Å². The molecule has 1 amide bonds. The molecule has 3 atom stereocenters. The predicted molar refractivity (Wildman–Crippen MR) is 85.4 cm³/mol. The molecule has 1 aromatic carbocycles. The number of aryl methyl sites for hydroxylation is 1. The summed E-state index contributed by atoms with van der Waals surface area (Å²) in [5, 5.41) is 9.28. The van der Waals surface area contributed by atoms with Crippen molar-refractivity contribution in [3.05, 3.63) is 29.8 Å². The first-order valence-electron chi connectivity index (χ1n) is 8.44. The molecule has 0 unspecified atom stereocenters. The lowest BCUT2D eigenvalue weighted by Crippen LogP contribution is -2.48. The van der Waals surface area contributed by atoms with Crippen LogP contribution in [0.4, 0.5) is 4.79 Å². The van der Waals surface area contributed by atoms with Crippen molar-refractivity contribution >= 4 is 6.09 Å². The van der Waals surface area contributed by atoms with Crippen molar-refractivity contribution in [3.8, 4) is 5.75 Å². The van der Waals surface area contributed by atoms with Gasteiger partial charge in [-0.1, -0.05) is 25.5 Å². The molecule has 2 aliphatic rings. The van der Waals surface area contributed by atoms with E-state index in [-0.39, 0.29) is 18.2 Å². The fourth-order valence-corrected chi connectivity index (χ4v) is 3.84. The van der Waals surface area contributed by atoms with Crippen molar-refractivity contribution in [1.29, 1.82) is 0 Å². The van der Waals surface area contributed by atoms with Gasteiger partial charge in [0.25, 0.3) is 0 Å². The standard InChI is InChI=1S/C18H25NO3/c1-2-3-4-13-5-9-16(10-6-13)22-17-11-14-7-8-15(12-17)19(14)18(20)21/h5-6,9-10,14-15,17H,2-4,7-8,11-12H2,1H3,(H,20,21)/t14-,15+,17-. The van der Waals surface area contributed by atoms with E-state index in [9.17, 15) is 9.90 Å². The van der Waals surface area contributed by atoms with Crippen LogP contribution in [0.5, 0.6) is 5.75 Å². The summed E-state index contributed by atoms with van der Waals surface area (Å²) >= 11 is 0. The number of ether oxygens (including phenoxy) is 1. The average Bonchev–Trinajstić information content (AvgIpc) is 2.79. The minimum absolute atomic E-state index is 0.144. The van der Waals surface area contributed by atoms with Crippen LogP contribution in [0, 0.1) is 0 Å². The molecule has 4 heteroatoms. The monoisotopic (exact) mass is 303 g/mol. The highest BCUT2D eigenvalue weighted by atomic mass is 16.5. The van der Waals surface area contributed by atoms with Gasteiger partial charge in [-0.25, -0.2) is 4.79 Å². The molecule has 120 valence electrons. The third-order valence-corrected chi connectivity index (χ3v) is 4.96. The number of carbonyl (C=O) groups is 1. The number of hydrogen-bond donors (Lipinski definition) is 1. The van der Waals surface area contributed by atoms with Gasteiger partial charge in [0.2, 0.25) is 0 Å². The molecule has 22 heavy (non-hydrogen) atoms. The van der Waals surface area contributed by atoms with E-state index in [1.807, 2.05) is 0 Å². The minimum atomic E-state index is -0.772. The first-order valence-corrected chi connectivity index (χ1v) is 8.44. The number of benzene rings is 1. The second kappa shape index (κ2) is 6.59. The Morgan fingerprint density at radius 2 is 1.86 bits per heavy atom. The summed E-state index contributed by atoms with van der Waals surface area (Å²) in [6.45, 7) is 2.20. The SMILES string of the molecule is CCCCc1ccc(O[C@@H]2C[C@H]3CC[C@@H](C2)N3C(=O)O)cc1. The summed E-state index contributed by atoms with van der Waals surface area (Å²) in [6, 6.07) is 8.68. The summed E-state index contributed by atoms with van der Waals surface area (Å²) < 4.78 is 6.10. The molecule has 2 bridgehead atoms. The Balaban J connectivity index is 1.57. The smallest absolute Gasteiger partial charge is 0.407 e. The highest BCUT2D eigenvalue weighted by Crippen LogP contribution is 2.37. The Bertz CT molecular complexity index is 500. The van der Waals surface area contributed by atoms with Crippen molar-refractivity contribution in [2.24, 2.45) is 0 Å². The molecular weight excluding hydrogens is 278 g/mol. The lowest BCUT2D eigenvalue weighted by molar-refractivity contribution is 0.0496. The van der Waals surface area contributed by atoms with Gasteiger partial charge in [-0.05, 0) is 43.4 Å². The largest absolute Gasteiger partial charge is 0.490 e. The van der Waals surface area contributed by atoms with Crippen LogP contribution in [0.1, 0.15) is 51.0 Å². The topological polar surface area (TPSA) is 49.8 Å². The van der Waals surface area contributed by atoms with E-state index in [1.54, 1.807) is 4.90 Å². The van der Waals surface area contributed by atoms with Gasteiger partial charge in [-0.15, -0.1) is 0 Å². The zero-order valence-electron chi connectivity index (χ0n) is 13.2. The quantitative estimate of drug-likeness (QED) is 0.891. The number of unbranched alkanes of at least 4 members (excludes halogenated alkanes) is 1. The van der Waals surface area contributed by atoms with Crippen molar-refractivity contribution in [2.45, 2.75) is 70.1 Å². The molecule has 1 N–H and O–H groups in total. The Morgan fingerprint density at radius 1 is 1.23 bits per heavy atom. The van der Waals surface area contributed by atoms with Crippen LogP contribution in [0.3, 0.4) is 0 Å². The molecular formula is C18H25NO3. The van der Waals surface area contributed by atoms with Crippen LogP contribution in [0.2, 0.25) is 0 Å². The first kappa shape index (κ1) is 15.2. The third-order valence-electron chi connectivity index (χ3n) is 4.96. The van der Waals surface area contributed by atoms with Crippen LogP contribution >= 0.6 is 0 Å². The lowest BCUT2D eigenvalue weighted by Gasteiger charge is -2.37. The van der Waals surface area contributed by atoms with Crippen molar-refractivity contribution in [2.75, 3.05) is 0 Å². The molecule has 4 nitrogen and oxygen atoms in total. The normalized spacial score (nSPS) is 27.0. The molecule has 2 saturated heterocycles. The number of carboxylic acid groups (broad SMARTS) is 1. The summed E-state index contributed by atoms with van der Waals surface area (Å²) in [7, 11) is 0. The molecule has 3 rings (SSSR count). The number of hydrogen-bond acceptors (Lipinski definition) is 2.